The molecule has 4 nitrogen and oxygen atoms in total. The summed E-state index contributed by atoms with van der Waals surface area (Å²) in [5.74, 6) is 0.426. The van der Waals surface area contributed by atoms with E-state index in [9.17, 15) is 0 Å². The molecule has 78 valence electrons. The van der Waals surface area contributed by atoms with E-state index >= 15 is 0 Å². The fourth-order valence-electron chi connectivity index (χ4n) is 1.30. The number of hydrogen-bond acceptors (Lipinski definition) is 4. The minimum absolute atomic E-state index is 0.426. The Bertz CT molecular complexity index is 451. The second-order valence-corrected chi connectivity index (χ2v) is 3.09. The number of ether oxygens (including phenoxy) is 1. The number of aromatic nitrogens is 1. The van der Waals surface area contributed by atoms with Gasteiger partial charge in [-0.1, -0.05) is 17.3 Å². The Kier molecular flexibility index (Phi) is 2.58. The van der Waals surface area contributed by atoms with Gasteiger partial charge in [-0.05, 0) is 19.1 Å². The molecule has 0 amide bonds. The van der Waals surface area contributed by atoms with Crippen molar-refractivity contribution < 1.29 is 9.26 Å². The molecule has 0 saturated carbocycles. The van der Waals surface area contributed by atoms with Crippen LogP contribution in [0.2, 0.25) is 0 Å². The smallest absolute Gasteiger partial charge is 0.311 e. The first-order valence-corrected chi connectivity index (χ1v) is 4.75. The predicted molar refractivity (Wildman–Crippen MR) is 57.5 cm³/mol. The van der Waals surface area contributed by atoms with Crippen molar-refractivity contribution in [2.45, 2.75) is 6.92 Å². The van der Waals surface area contributed by atoms with Crippen molar-refractivity contribution in [1.82, 2.24) is 5.16 Å². The molecular formula is C11H12N2O2. The third-order valence-corrected chi connectivity index (χ3v) is 1.96. The molecule has 0 spiro atoms. The van der Waals surface area contributed by atoms with Crippen LogP contribution in [0.1, 0.15) is 6.92 Å². The average molecular weight is 204 g/mol. The summed E-state index contributed by atoms with van der Waals surface area (Å²) in [6, 6.07) is 9.21. The molecule has 0 radical (unpaired) electrons. The van der Waals surface area contributed by atoms with E-state index in [1.165, 1.54) is 0 Å². The number of benzene rings is 1. The molecule has 15 heavy (non-hydrogen) atoms. The molecule has 4 heteroatoms. The molecule has 2 rings (SSSR count). The van der Waals surface area contributed by atoms with Gasteiger partial charge in [0.2, 0.25) is 0 Å². The Morgan fingerprint density at radius 3 is 3.00 bits per heavy atom. The fourth-order valence-corrected chi connectivity index (χ4v) is 1.30. The van der Waals surface area contributed by atoms with Gasteiger partial charge in [0, 0.05) is 11.3 Å². The highest BCUT2D eigenvalue weighted by Gasteiger charge is 2.06. The first-order chi connectivity index (χ1) is 7.29. The summed E-state index contributed by atoms with van der Waals surface area (Å²) in [6.07, 6.45) is 0. The maximum atomic E-state index is 5.67. The van der Waals surface area contributed by atoms with E-state index in [1.54, 1.807) is 6.07 Å². The Balaban J connectivity index is 2.29. The van der Waals surface area contributed by atoms with Crippen LogP contribution in [0.5, 0.6) is 5.95 Å². The largest absolute Gasteiger partial charge is 0.464 e. The van der Waals surface area contributed by atoms with E-state index in [2.05, 4.69) is 5.16 Å². The van der Waals surface area contributed by atoms with Gasteiger partial charge in [0.05, 0.1) is 12.7 Å². The third kappa shape index (κ3) is 2.10. The maximum absolute atomic E-state index is 5.67. The van der Waals surface area contributed by atoms with Crippen molar-refractivity contribution in [3.05, 3.63) is 30.3 Å². The van der Waals surface area contributed by atoms with Crippen LogP contribution in [0.3, 0.4) is 0 Å². The lowest BCUT2D eigenvalue weighted by Crippen LogP contribution is -1.88. The highest BCUT2D eigenvalue weighted by atomic mass is 16.6. The van der Waals surface area contributed by atoms with Gasteiger partial charge in [0.15, 0.2) is 0 Å². The second kappa shape index (κ2) is 4.04. The van der Waals surface area contributed by atoms with E-state index in [0.29, 0.717) is 18.2 Å². The van der Waals surface area contributed by atoms with Crippen molar-refractivity contribution in [1.29, 1.82) is 0 Å². The highest BCUT2D eigenvalue weighted by molar-refractivity contribution is 5.64. The van der Waals surface area contributed by atoms with Gasteiger partial charge in [0.1, 0.15) is 5.69 Å². The van der Waals surface area contributed by atoms with Crippen LogP contribution in [-0.2, 0) is 0 Å². The molecule has 2 N–H and O–H groups in total. The molecule has 0 aliphatic carbocycles. The summed E-state index contributed by atoms with van der Waals surface area (Å²) in [6.45, 7) is 2.45. The summed E-state index contributed by atoms with van der Waals surface area (Å²) in [5.41, 5.74) is 8.02. The predicted octanol–water partition coefficient (Wildman–Crippen LogP) is 2.32. The van der Waals surface area contributed by atoms with E-state index < -0.39 is 0 Å². The Morgan fingerprint density at radius 2 is 2.27 bits per heavy atom. The van der Waals surface area contributed by atoms with Crippen LogP contribution in [-0.4, -0.2) is 11.8 Å². The lowest BCUT2D eigenvalue weighted by Gasteiger charge is -1.96. The minimum Gasteiger partial charge on any atom is -0.464 e. The van der Waals surface area contributed by atoms with Crippen LogP contribution in [0.15, 0.2) is 34.9 Å². The van der Waals surface area contributed by atoms with E-state index in [0.717, 1.165) is 11.3 Å². The van der Waals surface area contributed by atoms with Crippen molar-refractivity contribution in [3.63, 3.8) is 0 Å². The van der Waals surface area contributed by atoms with E-state index in [-0.39, 0.29) is 0 Å². The summed E-state index contributed by atoms with van der Waals surface area (Å²) < 4.78 is 10.2. The molecule has 1 aromatic carbocycles. The lowest BCUT2D eigenvalue weighted by molar-refractivity contribution is 0.226. The van der Waals surface area contributed by atoms with Crippen LogP contribution in [0, 0.1) is 0 Å². The average Bonchev–Trinajstić information content (AvgIpc) is 2.67. The van der Waals surface area contributed by atoms with E-state index in [4.69, 9.17) is 15.0 Å². The van der Waals surface area contributed by atoms with Crippen LogP contribution >= 0.6 is 0 Å². The molecule has 0 aliphatic rings. The number of nitrogen functional groups attached to an aromatic ring is 1. The topological polar surface area (TPSA) is 61.3 Å². The molecule has 0 fully saturated rings. The third-order valence-electron chi connectivity index (χ3n) is 1.96. The summed E-state index contributed by atoms with van der Waals surface area (Å²) in [5, 5.41) is 3.89. The quantitative estimate of drug-likeness (QED) is 0.779. The molecule has 0 atom stereocenters. The molecule has 0 saturated heterocycles. The summed E-state index contributed by atoms with van der Waals surface area (Å²) in [4.78, 5) is 0. The highest BCUT2D eigenvalue weighted by Crippen LogP contribution is 2.24. The molecule has 1 heterocycles. The van der Waals surface area contributed by atoms with Gasteiger partial charge in [-0.2, -0.15) is 0 Å². The fraction of sp³-hybridized carbons (Fsp3) is 0.182. The van der Waals surface area contributed by atoms with Gasteiger partial charge in [0.25, 0.3) is 0 Å². The molecular weight excluding hydrogens is 192 g/mol. The first kappa shape index (κ1) is 9.58. The standard InChI is InChI=1S/C11H12N2O2/c1-2-14-11-7-10(13-15-11)8-4-3-5-9(12)6-8/h3-7H,2,12H2,1H3. The normalized spacial score (nSPS) is 10.2. The van der Waals surface area contributed by atoms with Gasteiger partial charge in [-0.15, -0.1) is 0 Å². The van der Waals surface area contributed by atoms with Crippen LogP contribution < -0.4 is 10.5 Å². The van der Waals surface area contributed by atoms with Crippen LogP contribution in [0.4, 0.5) is 5.69 Å². The number of rotatable bonds is 3. The van der Waals surface area contributed by atoms with Gasteiger partial charge < -0.3 is 15.0 Å². The summed E-state index contributed by atoms with van der Waals surface area (Å²) in [7, 11) is 0. The molecule has 0 unspecified atom stereocenters. The van der Waals surface area contributed by atoms with Crippen LogP contribution in [0.25, 0.3) is 11.3 Å². The zero-order valence-corrected chi connectivity index (χ0v) is 8.43. The first-order valence-electron chi connectivity index (χ1n) is 4.75. The van der Waals surface area contributed by atoms with Crippen molar-refractivity contribution in [2.24, 2.45) is 0 Å². The minimum atomic E-state index is 0.426. The molecule has 0 aliphatic heterocycles. The van der Waals surface area contributed by atoms with Gasteiger partial charge in [-0.25, -0.2) is 0 Å². The lowest BCUT2D eigenvalue weighted by atomic mass is 10.1. The Hall–Kier alpha value is -1.97. The zero-order chi connectivity index (χ0) is 10.7. The SMILES string of the molecule is CCOc1cc(-c2cccc(N)c2)no1. The van der Waals surface area contributed by atoms with E-state index in [1.807, 2.05) is 31.2 Å². The van der Waals surface area contributed by atoms with Crippen molar-refractivity contribution in [2.75, 3.05) is 12.3 Å². The number of nitrogens with zero attached hydrogens (tertiary/aromatic N) is 1. The maximum Gasteiger partial charge on any atom is 0.311 e. The Morgan fingerprint density at radius 1 is 1.40 bits per heavy atom. The van der Waals surface area contributed by atoms with Crippen molar-refractivity contribution in [3.8, 4) is 17.2 Å². The molecule has 0 bridgehead atoms. The second-order valence-electron chi connectivity index (χ2n) is 3.09. The zero-order valence-electron chi connectivity index (χ0n) is 8.43. The summed E-state index contributed by atoms with van der Waals surface area (Å²) >= 11 is 0. The number of anilines is 1. The van der Waals surface area contributed by atoms with Gasteiger partial charge in [-0.3, -0.25) is 0 Å². The number of hydrogen-bond donors (Lipinski definition) is 1. The Labute approximate surface area is 87.6 Å². The number of nitrogens with two attached hydrogens (primary N) is 1. The molecule has 1 aromatic heterocycles. The molecule has 2 aromatic rings. The van der Waals surface area contributed by atoms with Crippen molar-refractivity contribution >= 4 is 5.69 Å². The van der Waals surface area contributed by atoms with Gasteiger partial charge >= 0.3 is 5.95 Å². The monoisotopic (exact) mass is 204 g/mol.